The zero-order valence-electron chi connectivity index (χ0n) is 11.3. The van der Waals surface area contributed by atoms with Crippen molar-refractivity contribution in [1.29, 1.82) is 0 Å². The number of aryl methyl sites for hydroxylation is 1. The zero-order valence-corrected chi connectivity index (χ0v) is 12.1. The predicted molar refractivity (Wildman–Crippen MR) is 78.1 cm³/mol. The molecule has 1 saturated carbocycles. The molecule has 2 N–H and O–H groups in total. The van der Waals surface area contributed by atoms with Crippen molar-refractivity contribution in [2.75, 3.05) is 6.61 Å². The fraction of sp³-hybridized carbons (Fsp3) is 0.600. The molecular formula is C15H23NOS. The number of benzene rings is 1. The Morgan fingerprint density at radius 2 is 2.22 bits per heavy atom. The van der Waals surface area contributed by atoms with Crippen molar-refractivity contribution in [3.05, 3.63) is 29.3 Å². The van der Waals surface area contributed by atoms with Gasteiger partial charge >= 0.3 is 0 Å². The van der Waals surface area contributed by atoms with Crippen molar-refractivity contribution in [3.63, 3.8) is 0 Å². The fourth-order valence-corrected chi connectivity index (χ4v) is 3.03. The number of hydrogen-bond donors (Lipinski definition) is 2. The average Bonchev–Trinajstić information content (AvgIpc) is 3.12. The van der Waals surface area contributed by atoms with E-state index >= 15 is 0 Å². The Balaban J connectivity index is 1.90. The molecule has 1 fully saturated rings. The van der Waals surface area contributed by atoms with Gasteiger partial charge in [0.25, 0.3) is 0 Å². The van der Waals surface area contributed by atoms with Crippen molar-refractivity contribution in [3.8, 4) is 0 Å². The molecule has 1 aromatic rings. The van der Waals surface area contributed by atoms with Crippen LogP contribution in [-0.2, 0) is 6.54 Å². The van der Waals surface area contributed by atoms with Crippen molar-refractivity contribution in [2.24, 2.45) is 0 Å². The second-order valence-electron chi connectivity index (χ2n) is 5.18. The van der Waals surface area contributed by atoms with E-state index in [0.717, 1.165) is 19.0 Å². The van der Waals surface area contributed by atoms with Gasteiger partial charge in [0.2, 0.25) is 0 Å². The summed E-state index contributed by atoms with van der Waals surface area (Å²) in [5, 5.41) is 13.0. The third-order valence-electron chi connectivity index (χ3n) is 3.35. The van der Waals surface area contributed by atoms with E-state index < -0.39 is 0 Å². The molecular weight excluding hydrogens is 242 g/mol. The Labute approximate surface area is 114 Å². The number of hydrogen-bond acceptors (Lipinski definition) is 3. The van der Waals surface area contributed by atoms with E-state index in [2.05, 4.69) is 37.4 Å². The molecule has 0 aliphatic heterocycles. The van der Waals surface area contributed by atoms with Crippen LogP contribution in [0.1, 0.15) is 37.3 Å². The van der Waals surface area contributed by atoms with Gasteiger partial charge in [-0.1, -0.05) is 13.0 Å². The molecule has 0 spiro atoms. The van der Waals surface area contributed by atoms with E-state index in [1.54, 1.807) is 0 Å². The van der Waals surface area contributed by atoms with Gasteiger partial charge < -0.3 is 10.4 Å². The minimum Gasteiger partial charge on any atom is -0.396 e. The van der Waals surface area contributed by atoms with Crippen molar-refractivity contribution in [2.45, 2.75) is 55.8 Å². The molecule has 0 amide bonds. The summed E-state index contributed by atoms with van der Waals surface area (Å²) in [6, 6.07) is 7.47. The number of rotatable bonds is 7. The first-order valence-corrected chi connectivity index (χ1v) is 7.67. The number of aliphatic hydroxyl groups is 1. The quantitative estimate of drug-likeness (QED) is 0.743. The lowest BCUT2D eigenvalue weighted by molar-refractivity contribution is 0.289. The predicted octanol–water partition coefficient (Wildman–Crippen LogP) is 3.11. The van der Waals surface area contributed by atoms with Crippen molar-refractivity contribution >= 4 is 11.8 Å². The molecule has 100 valence electrons. The lowest BCUT2D eigenvalue weighted by atomic mass is 10.1. The van der Waals surface area contributed by atoms with Crippen LogP contribution in [0.15, 0.2) is 23.1 Å². The summed E-state index contributed by atoms with van der Waals surface area (Å²) < 4.78 is 0. The Bertz CT molecular complexity index is 390. The van der Waals surface area contributed by atoms with Gasteiger partial charge in [0.05, 0.1) is 0 Å². The number of nitrogens with one attached hydrogen (secondary N) is 1. The standard InChI is InChI=1S/C15H23NOS/c1-11-9-15(18-12(2)7-8-17)6-3-13(11)10-16-14-4-5-14/h3,6,9,12,14,16-17H,4-5,7-8,10H2,1-2H3. The maximum atomic E-state index is 8.92. The largest absolute Gasteiger partial charge is 0.396 e. The summed E-state index contributed by atoms with van der Waals surface area (Å²) in [6.45, 7) is 5.62. The van der Waals surface area contributed by atoms with Crippen molar-refractivity contribution < 1.29 is 5.11 Å². The summed E-state index contributed by atoms with van der Waals surface area (Å²) in [7, 11) is 0. The highest BCUT2D eigenvalue weighted by molar-refractivity contribution is 7.99. The molecule has 0 aromatic heterocycles. The second-order valence-corrected chi connectivity index (χ2v) is 6.70. The molecule has 2 nitrogen and oxygen atoms in total. The molecule has 0 radical (unpaired) electrons. The van der Waals surface area contributed by atoms with Crippen LogP contribution in [-0.4, -0.2) is 23.0 Å². The van der Waals surface area contributed by atoms with Crippen LogP contribution in [0.2, 0.25) is 0 Å². The lowest BCUT2D eigenvalue weighted by Crippen LogP contribution is -2.15. The third-order valence-corrected chi connectivity index (χ3v) is 4.51. The van der Waals surface area contributed by atoms with Gasteiger partial charge in [-0.25, -0.2) is 0 Å². The molecule has 18 heavy (non-hydrogen) atoms. The molecule has 0 bridgehead atoms. The normalized spacial score (nSPS) is 16.8. The molecule has 0 heterocycles. The van der Waals surface area contributed by atoms with E-state index in [1.807, 2.05) is 11.8 Å². The van der Waals surface area contributed by atoms with Gasteiger partial charge in [-0.05, 0) is 49.4 Å². The van der Waals surface area contributed by atoms with E-state index in [0.29, 0.717) is 5.25 Å². The minimum absolute atomic E-state index is 0.274. The van der Waals surface area contributed by atoms with Crippen LogP contribution in [0, 0.1) is 6.92 Å². The lowest BCUT2D eigenvalue weighted by Gasteiger charge is -2.12. The monoisotopic (exact) mass is 265 g/mol. The van der Waals surface area contributed by atoms with Gasteiger partial charge in [-0.3, -0.25) is 0 Å². The fourth-order valence-electron chi connectivity index (χ4n) is 1.95. The molecule has 1 atom stereocenters. The third kappa shape index (κ3) is 4.30. The molecule has 1 aliphatic carbocycles. The maximum Gasteiger partial charge on any atom is 0.0441 e. The van der Waals surface area contributed by atoms with Gasteiger partial charge in [-0.2, -0.15) is 0 Å². The Morgan fingerprint density at radius 3 is 2.83 bits per heavy atom. The Morgan fingerprint density at radius 1 is 1.44 bits per heavy atom. The number of thioether (sulfide) groups is 1. The average molecular weight is 265 g/mol. The van der Waals surface area contributed by atoms with Crippen LogP contribution in [0.5, 0.6) is 0 Å². The first-order chi connectivity index (χ1) is 8.69. The minimum atomic E-state index is 0.274. The molecule has 3 heteroatoms. The molecule has 0 saturated heterocycles. The maximum absolute atomic E-state index is 8.92. The summed E-state index contributed by atoms with van der Waals surface area (Å²) >= 11 is 1.85. The smallest absolute Gasteiger partial charge is 0.0441 e. The Hall–Kier alpha value is -0.510. The van der Waals surface area contributed by atoms with Crippen LogP contribution in [0.25, 0.3) is 0 Å². The van der Waals surface area contributed by atoms with Crippen LogP contribution in [0.3, 0.4) is 0 Å². The molecule has 1 aromatic carbocycles. The van der Waals surface area contributed by atoms with Crippen molar-refractivity contribution in [1.82, 2.24) is 5.32 Å². The highest BCUT2D eigenvalue weighted by atomic mass is 32.2. The van der Waals surface area contributed by atoms with Gasteiger partial charge in [0, 0.05) is 29.3 Å². The number of aliphatic hydroxyl groups excluding tert-OH is 1. The van der Waals surface area contributed by atoms with Gasteiger partial charge in [0.1, 0.15) is 0 Å². The first-order valence-electron chi connectivity index (χ1n) is 6.79. The summed E-state index contributed by atoms with van der Waals surface area (Å²) in [5.74, 6) is 0. The van der Waals surface area contributed by atoms with E-state index in [-0.39, 0.29) is 6.61 Å². The van der Waals surface area contributed by atoms with E-state index in [4.69, 9.17) is 5.11 Å². The Kier molecular flexibility index (Phi) is 5.10. The topological polar surface area (TPSA) is 32.3 Å². The summed E-state index contributed by atoms with van der Waals surface area (Å²) in [6.07, 6.45) is 3.53. The molecule has 1 aliphatic rings. The highest BCUT2D eigenvalue weighted by Gasteiger charge is 2.20. The van der Waals surface area contributed by atoms with E-state index in [1.165, 1.54) is 28.9 Å². The van der Waals surface area contributed by atoms with Crippen LogP contribution < -0.4 is 5.32 Å². The summed E-state index contributed by atoms with van der Waals surface area (Å²) in [4.78, 5) is 1.31. The zero-order chi connectivity index (χ0) is 13.0. The SMILES string of the molecule is Cc1cc(SC(C)CCO)ccc1CNC1CC1. The molecule has 2 rings (SSSR count). The van der Waals surface area contributed by atoms with E-state index in [9.17, 15) is 0 Å². The van der Waals surface area contributed by atoms with Gasteiger partial charge in [0.15, 0.2) is 0 Å². The van der Waals surface area contributed by atoms with Crippen LogP contribution in [0.4, 0.5) is 0 Å². The summed E-state index contributed by atoms with van der Waals surface area (Å²) in [5.41, 5.74) is 2.77. The van der Waals surface area contributed by atoms with Crippen LogP contribution >= 0.6 is 11.8 Å². The first kappa shape index (κ1) is 13.9. The highest BCUT2D eigenvalue weighted by Crippen LogP contribution is 2.27. The van der Waals surface area contributed by atoms with Gasteiger partial charge in [-0.15, -0.1) is 11.8 Å². The molecule has 1 unspecified atom stereocenters. The second kappa shape index (κ2) is 6.60.